The Labute approximate surface area is 229 Å². The van der Waals surface area contributed by atoms with Gasteiger partial charge in [-0.05, 0) is 73.8 Å². The summed E-state index contributed by atoms with van der Waals surface area (Å²) in [5, 5.41) is 11.7. The van der Waals surface area contributed by atoms with Crippen LogP contribution in [0.4, 0.5) is 10.8 Å². The summed E-state index contributed by atoms with van der Waals surface area (Å²) in [6, 6.07) is 20.5. The number of nitrogens with one attached hydrogen (secondary N) is 1. The van der Waals surface area contributed by atoms with E-state index in [1.54, 1.807) is 62.6 Å². The fraction of sp³-hybridized carbons (Fsp3) is 0.192. The van der Waals surface area contributed by atoms with Crippen LogP contribution in [0.15, 0.2) is 82.6 Å². The molecule has 9 nitrogen and oxygen atoms in total. The molecule has 0 radical (unpaired) electrons. The molecule has 0 spiro atoms. The molecule has 4 rings (SSSR count). The number of rotatable bonds is 11. The first-order chi connectivity index (χ1) is 18.3. The molecule has 0 aliphatic heterocycles. The summed E-state index contributed by atoms with van der Waals surface area (Å²) in [6.07, 6.45) is 1.91. The number of hydrogen-bond donors (Lipinski definition) is 1. The maximum absolute atomic E-state index is 13.8. The topological polar surface area (TPSA) is 111 Å². The van der Waals surface area contributed by atoms with Crippen LogP contribution in [0.1, 0.15) is 6.92 Å². The van der Waals surface area contributed by atoms with E-state index in [1.165, 1.54) is 35.2 Å². The summed E-state index contributed by atoms with van der Waals surface area (Å²) in [7, 11) is -2.53. The van der Waals surface area contributed by atoms with Gasteiger partial charge in [-0.2, -0.15) is 0 Å². The largest absolute Gasteiger partial charge is 0.497 e. The predicted octanol–water partition coefficient (Wildman–Crippen LogP) is 5.17. The number of thioether (sulfide) groups is 1. The minimum absolute atomic E-state index is 0.0621. The second kappa shape index (κ2) is 12.3. The first kappa shape index (κ1) is 27.4. The number of amides is 1. The smallest absolute Gasteiger partial charge is 0.264 e. The molecule has 4 aromatic rings. The molecule has 1 aromatic heterocycles. The van der Waals surface area contributed by atoms with Crippen molar-refractivity contribution >= 4 is 49.8 Å². The van der Waals surface area contributed by atoms with Crippen molar-refractivity contribution in [2.24, 2.45) is 0 Å². The Morgan fingerprint density at radius 2 is 1.74 bits per heavy atom. The number of hydrogen-bond acceptors (Lipinski definition) is 9. The van der Waals surface area contributed by atoms with Crippen LogP contribution in [-0.4, -0.2) is 51.0 Å². The molecule has 0 aliphatic carbocycles. The third kappa shape index (κ3) is 6.26. The summed E-state index contributed by atoms with van der Waals surface area (Å²) in [5.74, 6) is 0.492. The lowest BCUT2D eigenvalue weighted by atomic mass is 10.2. The standard InChI is InChI=1S/C26H26N4O5S3/c1-4-35-23-8-6-5-7-22(23)30(38(32,33)21-15-13-20(36-3)14-16-21)17-24(31)27-26-29-28-25(37-26)18-9-11-19(34-2)12-10-18/h5-16H,4,17H2,1-3H3,(H,27,29,31). The highest BCUT2D eigenvalue weighted by atomic mass is 32.2. The average molecular weight is 571 g/mol. The quantitative estimate of drug-likeness (QED) is 0.246. The van der Waals surface area contributed by atoms with E-state index < -0.39 is 22.5 Å². The monoisotopic (exact) mass is 570 g/mol. The van der Waals surface area contributed by atoms with Gasteiger partial charge >= 0.3 is 0 Å². The molecule has 0 saturated carbocycles. The zero-order valence-electron chi connectivity index (χ0n) is 21.0. The second-order valence-corrected chi connectivity index (χ2v) is 11.5. The van der Waals surface area contributed by atoms with E-state index >= 15 is 0 Å². The Bertz CT molecular complexity index is 1490. The Morgan fingerprint density at radius 1 is 1.03 bits per heavy atom. The zero-order chi connectivity index (χ0) is 27.1. The van der Waals surface area contributed by atoms with Crippen LogP contribution in [0.25, 0.3) is 10.6 Å². The van der Waals surface area contributed by atoms with Crippen molar-refractivity contribution < 1.29 is 22.7 Å². The molecular formula is C26H26N4O5S3. The molecule has 198 valence electrons. The van der Waals surface area contributed by atoms with Crippen LogP contribution in [0.3, 0.4) is 0 Å². The molecule has 38 heavy (non-hydrogen) atoms. The SMILES string of the molecule is CCOc1ccccc1N(CC(=O)Nc1nnc(-c2ccc(OC)cc2)s1)S(=O)(=O)c1ccc(SC)cc1. The number of ether oxygens (including phenoxy) is 2. The molecule has 0 saturated heterocycles. The Kier molecular flexibility index (Phi) is 8.87. The molecule has 1 N–H and O–H groups in total. The van der Waals surface area contributed by atoms with Gasteiger partial charge in [0.1, 0.15) is 23.1 Å². The minimum Gasteiger partial charge on any atom is -0.497 e. The third-order valence-electron chi connectivity index (χ3n) is 5.38. The number of aromatic nitrogens is 2. The Morgan fingerprint density at radius 3 is 2.39 bits per heavy atom. The Hall–Kier alpha value is -3.61. The van der Waals surface area contributed by atoms with E-state index in [0.29, 0.717) is 23.1 Å². The highest BCUT2D eigenvalue weighted by molar-refractivity contribution is 7.98. The van der Waals surface area contributed by atoms with Crippen molar-refractivity contribution in [2.75, 3.05) is 36.1 Å². The Balaban J connectivity index is 1.61. The molecule has 1 heterocycles. The molecule has 0 bridgehead atoms. The van der Waals surface area contributed by atoms with E-state index in [1.807, 2.05) is 18.4 Å². The highest BCUT2D eigenvalue weighted by Gasteiger charge is 2.30. The van der Waals surface area contributed by atoms with Crippen LogP contribution in [0, 0.1) is 0 Å². The van der Waals surface area contributed by atoms with Crippen LogP contribution >= 0.6 is 23.1 Å². The summed E-state index contributed by atoms with van der Waals surface area (Å²) in [5.41, 5.74) is 1.07. The number of carbonyl (C=O) groups excluding carboxylic acids is 1. The summed E-state index contributed by atoms with van der Waals surface area (Å²) in [6.45, 7) is 1.64. The number of methoxy groups -OCH3 is 1. The van der Waals surface area contributed by atoms with Gasteiger partial charge in [-0.3, -0.25) is 14.4 Å². The fourth-order valence-corrected chi connectivity index (χ4v) is 6.13. The van der Waals surface area contributed by atoms with Crippen LogP contribution in [0.5, 0.6) is 11.5 Å². The molecule has 1 amide bonds. The number of para-hydroxylation sites is 2. The lowest BCUT2D eigenvalue weighted by Gasteiger charge is -2.25. The number of nitrogens with zero attached hydrogens (tertiary/aromatic N) is 3. The minimum atomic E-state index is -4.11. The van der Waals surface area contributed by atoms with Crippen molar-refractivity contribution in [2.45, 2.75) is 16.7 Å². The van der Waals surface area contributed by atoms with E-state index in [9.17, 15) is 13.2 Å². The number of sulfonamides is 1. The zero-order valence-corrected chi connectivity index (χ0v) is 23.4. The molecule has 0 unspecified atom stereocenters. The van der Waals surface area contributed by atoms with Gasteiger partial charge < -0.3 is 9.47 Å². The van der Waals surface area contributed by atoms with E-state index in [4.69, 9.17) is 9.47 Å². The third-order valence-corrected chi connectivity index (χ3v) is 8.78. The predicted molar refractivity (Wildman–Crippen MR) is 151 cm³/mol. The summed E-state index contributed by atoms with van der Waals surface area (Å²) < 4.78 is 39.4. The van der Waals surface area contributed by atoms with Crippen molar-refractivity contribution in [1.29, 1.82) is 0 Å². The fourth-order valence-electron chi connectivity index (χ4n) is 3.53. The molecule has 3 aromatic carbocycles. The molecule has 12 heteroatoms. The van der Waals surface area contributed by atoms with E-state index in [2.05, 4.69) is 15.5 Å². The van der Waals surface area contributed by atoms with Gasteiger partial charge in [-0.25, -0.2) is 8.42 Å². The lowest BCUT2D eigenvalue weighted by Crippen LogP contribution is -2.38. The van der Waals surface area contributed by atoms with Gasteiger partial charge in [-0.1, -0.05) is 23.5 Å². The lowest BCUT2D eigenvalue weighted by molar-refractivity contribution is -0.114. The second-order valence-electron chi connectivity index (χ2n) is 7.78. The first-order valence-electron chi connectivity index (χ1n) is 11.5. The van der Waals surface area contributed by atoms with Crippen molar-refractivity contribution in [3.05, 3.63) is 72.8 Å². The van der Waals surface area contributed by atoms with Crippen LogP contribution in [0.2, 0.25) is 0 Å². The molecule has 0 aliphatic rings. The summed E-state index contributed by atoms with van der Waals surface area (Å²) in [4.78, 5) is 14.1. The van der Waals surface area contributed by atoms with Crippen molar-refractivity contribution in [1.82, 2.24) is 10.2 Å². The highest BCUT2D eigenvalue weighted by Crippen LogP contribution is 2.33. The van der Waals surface area contributed by atoms with Gasteiger partial charge in [0.25, 0.3) is 10.0 Å². The van der Waals surface area contributed by atoms with Gasteiger partial charge in [0, 0.05) is 10.5 Å². The van der Waals surface area contributed by atoms with Gasteiger partial charge in [0.15, 0.2) is 0 Å². The van der Waals surface area contributed by atoms with Crippen molar-refractivity contribution in [3.63, 3.8) is 0 Å². The maximum Gasteiger partial charge on any atom is 0.264 e. The van der Waals surface area contributed by atoms with Crippen molar-refractivity contribution in [3.8, 4) is 22.1 Å². The van der Waals surface area contributed by atoms with Gasteiger partial charge in [0.05, 0.1) is 24.3 Å². The molecule has 0 atom stereocenters. The average Bonchev–Trinajstić information content (AvgIpc) is 3.40. The van der Waals surface area contributed by atoms with E-state index in [0.717, 1.165) is 14.8 Å². The summed E-state index contributed by atoms with van der Waals surface area (Å²) >= 11 is 2.69. The molecular weight excluding hydrogens is 545 g/mol. The van der Waals surface area contributed by atoms with Crippen LogP contribution in [-0.2, 0) is 14.8 Å². The molecule has 0 fully saturated rings. The first-order valence-corrected chi connectivity index (χ1v) is 15.0. The normalized spacial score (nSPS) is 11.1. The van der Waals surface area contributed by atoms with Gasteiger partial charge in [0.2, 0.25) is 11.0 Å². The van der Waals surface area contributed by atoms with Crippen LogP contribution < -0.4 is 19.1 Å². The number of carbonyl (C=O) groups is 1. The van der Waals surface area contributed by atoms with E-state index in [-0.39, 0.29) is 15.7 Å². The van der Waals surface area contributed by atoms with Gasteiger partial charge in [-0.15, -0.1) is 22.0 Å². The number of benzene rings is 3. The number of anilines is 2. The maximum atomic E-state index is 13.8.